The molecule has 2 amide bonds. The average Bonchev–Trinajstić information content (AvgIpc) is 2.48. The van der Waals surface area contributed by atoms with E-state index < -0.39 is 18.0 Å². The molecule has 0 bridgehead atoms. The number of urea groups is 1. The van der Waals surface area contributed by atoms with Gasteiger partial charge in [-0.3, -0.25) is 10.3 Å². The number of nitrogens with zero attached hydrogens (tertiary/aromatic N) is 2. The SMILES string of the molecule is O=C(Nc1cnccn1)NC(Cc1ccccc1)C(=O)O. The van der Waals surface area contributed by atoms with Crippen molar-refractivity contribution in [2.75, 3.05) is 5.32 Å². The molecule has 1 aromatic carbocycles. The Morgan fingerprint density at radius 3 is 2.57 bits per heavy atom. The van der Waals surface area contributed by atoms with Crippen molar-refractivity contribution in [1.82, 2.24) is 15.3 Å². The fourth-order valence-corrected chi connectivity index (χ4v) is 1.72. The largest absolute Gasteiger partial charge is 0.480 e. The predicted molar refractivity (Wildman–Crippen MR) is 75.8 cm³/mol. The normalized spacial score (nSPS) is 11.4. The van der Waals surface area contributed by atoms with Crippen molar-refractivity contribution >= 4 is 17.8 Å². The number of benzene rings is 1. The van der Waals surface area contributed by atoms with Crippen LogP contribution in [0.3, 0.4) is 0 Å². The van der Waals surface area contributed by atoms with Gasteiger partial charge in [0.05, 0.1) is 6.20 Å². The lowest BCUT2D eigenvalue weighted by Gasteiger charge is -2.14. The number of rotatable bonds is 5. The van der Waals surface area contributed by atoms with E-state index in [2.05, 4.69) is 20.6 Å². The molecule has 2 aromatic rings. The summed E-state index contributed by atoms with van der Waals surface area (Å²) in [4.78, 5) is 30.7. The number of aliphatic carboxylic acids is 1. The Bertz CT molecular complexity index is 604. The van der Waals surface area contributed by atoms with Gasteiger partial charge in [0.25, 0.3) is 0 Å². The number of carboxylic acids is 1. The molecule has 0 saturated heterocycles. The summed E-state index contributed by atoms with van der Waals surface area (Å²) in [6, 6.07) is 7.41. The van der Waals surface area contributed by atoms with Gasteiger partial charge in [0.15, 0.2) is 5.82 Å². The quantitative estimate of drug-likeness (QED) is 0.768. The lowest BCUT2D eigenvalue weighted by Crippen LogP contribution is -2.44. The standard InChI is InChI=1S/C14H14N4O3/c19-13(20)11(8-10-4-2-1-3-5-10)17-14(21)18-12-9-15-6-7-16-12/h1-7,9,11H,8H2,(H,19,20)(H2,16,17,18,21). The van der Waals surface area contributed by atoms with E-state index in [0.717, 1.165) is 5.56 Å². The second-order valence-corrected chi connectivity index (χ2v) is 4.27. The summed E-state index contributed by atoms with van der Waals surface area (Å²) in [5.41, 5.74) is 0.824. The van der Waals surface area contributed by atoms with Crippen molar-refractivity contribution in [3.63, 3.8) is 0 Å². The van der Waals surface area contributed by atoms with Gasteiger partial charge in [-0.15, -0.1) is 0 Å². The highest BCUT2D eigenvalue weighted by Crippen LogP contribution is 2.04. The molecule has 7 nitrogen and oxygen atoms in total. The molecule has 1 heterocycles. The number of nitrogens with one attached hydrogen (secondary N) is 2. The highest BCUT2D eigenvalue weighted by Gasteiger charge is 2.20. The highest BCUT2D eigenvalue weighted by molar-refractivity contribution is 5.91. The van der Waals surface area contributed by atoms with Crippen LogP contribution in [0.4, 0.5) is 10.6 Å². The summed E-state index contributed by atoms with van der Waals surface area (Å²) >= 11 is 0. The van der Waals surface area contributed by atoms with Crippen LogP contribution in [0.1, 0.15) is 5.56 Å². The Morgan fingerprint density at radius 1 is 1.19 bits per heavy atom. The second-order valence-electron chi connectivity index (χ2n) is 4.27. The third kappa shape index (κ3) is 4.57. The number of hydrogen-bond acceptors (Lipinski definition) is 4. The Labute approximate surface area is 121 Å². The zero-order valence-corrected chi connectivity index (χ0v) is 11.1. The van der Waals surface area contributed by atoms with E-state index in [1.54, 1.807) is 12.1 Å². The molecule has 0 aliphatic carbocycles. The van der Waals surface area contributed by atoms with Crippen LogP contribution in [0, 0.1) is 0 Å². The Morgan fingerprint density at radius 2 is 1.95 bits per heavy atom. The minimum atomic E-state index is -1.10. The van der Waals surface area contributed by atoms with Gasteiger partial charge < -0.3 is 10.4 Å². The molecule has 0 saturated carbocycles. The number of carbonyl (C=O) groups excluding carboxylic acids is 1. The van der Waals surface area contributed by atoms with Crippen molar-refractivity contribution in [2.24, 2.45) is 0 Å². The van der Waals surface area contributed by atoms with Gasteiger partial charge in [-0.1, -0.05) is 30.3 Å². The molecule has 21 heavy (non-hydrogen) atoms. The number of aromatic nitrogens is 2. The summed E-state index contributed by atoms with van der Waals surface area (Å²) in [5, 5.41) is 14.0. The van der Waals surface area contributed by atoms with E-state index in [0.29, 0.717) is 0 Å². The Kier molecular flexibility index (Phi) is 4.81. The van der Waals surface area contributed by atoms with Crippen LogP contribution in [0.15, 0.2) is 48.9 Å². The number of anilines is 1. The molecular formula is C14H14N4O3. The molecule has 0 spiro atoms. The van der Waals surface area contributed by atoms with Crippen LogP contribution < -0.4 is 10.6 Å². The maximum Gasteiger partial charge on any atom is 0.326 e. The second kappa shape index (κ2) is 6.99. The van der Waals surface area contributed by atoms with Gasteiger partial charge in [0.1, 0.15) is 6.04 Å². The first-order valence-electron chi connectivity index (χ1n) is 6.25. The number of carbonyl (C=O) groups is 2. The van der Waals surface area contributed by atoms with Crippen molar-refractivity contribution in [1.29, 1.82) is 0 Å². The summed E-state index contributed by atoms with van der Waals surface area (Å²) in [6.45, 7) is 0. The summed E-state index contributed by atoms with van der Waals surface area (Å²) in [6.07, 6.45) is 4.46. The molecule has 3 N–H and O–H groups in total. The number of carboxylic acid groups (broad SMARTS) is 1. The first-order chi connectivity index (χ1) is 10.1. The van der Waals surface area contributed by atoms with Crippen LogP contribution in [0.2, 0.25) is 0 Å². The van der Waals surface area contributed by atoms with E-state index in [4.69, 9.17) is 0 Å². The van der Waals surface area contributed by atoms with E-state index in [1.807, 2.05) is 18.2 Å². The lowest BCUT2D eigenvalue weighted by molar-refractivity contribution is -0.139. The predicted octanol–water partition coefficient (Wildman–Crippen LogP) is 1.29. The molecule has 1 aromatic heterocycles. The molecule has 7 heteroatoms. The first-order valence-corrected chi connectivity index (χ1v) is 6.25. The van der Waals surface area contributed by atoms with Crippen LogP contribution in [-0.2, 0) is 11.2 Å². The molecule has 0 fully saturated rings. The Balaban J connectivity index is 1.96. The molecule has 1 unspecified atom stereocenters. The maximum absolute atomic E-state index is 11.8. The zero-order chi connectivity index (χ0) is 15.1. The van der Waals surface area contributed by atoms with E-state index in [-0.39, 0.29) is 12.2 Å². The fraction of sp³-hybridized carbons (Fsp3) is 0.143. The smallest absolute Gasteiger partial charge is 0.326 e. The third-order valence-electron chi connectivity index (χ3n) is 2.69. The Hall–Kier alpha value is -2.96. The molecule has 2 rings (SSSR count). The molecule has 0 aliphatic heterocycles. The van der Waals surface area contributed by atoms with Gasteiger partial charge in [-0.25, -0.2) is 14.6 Å². The van der Waals surface area contributed by atoms with Gasteiger partial charge >= 0.3 is 12.0 Å². The van der Waals surface area contributed by atoms with Gasteiger partial charge in [0, 0.05) is 18.8 Å². The monoisotopic (exact) mass is 286 g/mol. The topological polar surface area (TPSA) is 104 Å². The first kappa shape index (κ1) is 14.4. The number of hydrogen-bond donors (Lipinski definition) is 3. The van der Waals surface area contributed by atoms with E-state index in [1.165, 1.54) is 18.6 Å². The summed E-state index contributed by atoms with van der Waals surface area (Å²) in [7, 11) is 0. The molecule has 0 aliphatic rings. The van der Waals surface area contributed by atoms with Crippen molar-refractivity contribution in [3.8, 4) is 0 Å². The zero-order valence-electron chi connectivity index (χ0n) is 11.1. The average molecular weight is 286 g/mol. The molecule has 108 valence electrons. The van der Waals surface area contributed by atoms with E-state index in [9.17, 15) is 14.7 Å². The highest BCUT2D eigenvalue weighted by atomic mass is 16.4. The van der Waals surface area contributed by atoms with Crippen molar-refractivity contribution < 1.29 is 14.7 Å². The minimum absolute atomic E-state index is 0.198. The fourth-order valence-electron chi connectivity index (χ4n) is 1.72. The van der Waals surface area contributed by atoms with Gasteiger partial charge in [-0.05, 0) is 5.56 Å². The third-order valence-corrected chi connectivity index (χ3v) is 2.69. The molecule has 1 atom stereocenters. The minimum Gasteiger partial charge on any atom is -0.480 e. The molecule has 0 radical (unpaired) electrons. The van der Waals surface area contributed by atoms with Crippen molar-refractivity contribution in [3.05, 3.63) is 54.5 Å². The lowest BCUT2D eigenvalue weighted by atomic mass is 10.1. The van der Waals surface area contributed by atoms with Gasteiger partial charge in [0.2, 0.25) is 0 Å². The maximum atomic E-state index is 11.8. The van der Waals surface area contributed by atoms with Gasteiger partial charge in [-0.2, -0.15) is 0 Å². The van der Waals surface area contributed by atoms with Crippen LogP contribution >= 0.6 is 0 Å². The summed E-state index contributed by atoms with van der Waals surface area (Å²) < 4.78 is 0. The van der Waals surface area contributed by atoms with Crippen LogP contribution in [0.5, 0.6) is 0 Å². The van der Waals surface area contributed by atoms with Crippen molar-refractivity contribution in [2.45, 2.75) is 12.5 Å². The van der Waals surface area contributed by atoms with Crippen LogP contribution in [0.25, 0.3) is 0 Å². The van der Waals surface area contributed by atoms with E-state index >= 15 is 0 Å². The summed E-state index contributed by atoms with van der Waals surface area (Å²) in [5.74, 6) is -0.855. The molecular weight excluding hydrogens is 272 g/mol. The number of amides is 2. The van der Waals surface area contributed by atoms with Crippen LogP contribution in [-0.4, -0.2) is 33.1 Å².